The summed E-state index contributed by atoms with van der Waals surface area (Å²) in [5.41, 5.74) is 3.47. The standard InChI is InChI=1S/C16H20OS/c1-10(2)13-5-7-14(8-6-13)15(17)16-11(3)9-12(4)18-16/h5-10,15,17H,1-4H3. The molecule has 0 amide bonds. The van der Waals surface area contributed by atoms with Crippen LogP contribution in [0.25, 0.3) is 0 Å². The second-order valence-electron chi connectivity index (χ2n) is 5.13. The van der Waals surface area contributed by atoms with Crippen molar-refractivity contribution in [2.75, 3.05) is 0 Å². The number of aliphatic hydroxyl groups excluding tert-OH is 1. The van der Waals surface area contributed by atoms with E-state index in [2.05, 4.69) is 45.9 Å². The lowest BCUT2D eigenvalue weighted by Crippen LogP contribution is -1.99. The molecule has 2 aromatic rings. The van der Waals surface area contributed by atoms with E-state index in [4.69, 9.17) is 0 Å². The summed E-state index contributed by atoms with van der Waals surface area (Å²) in [7, 11) is 0. The first-order valence-electron chi connectivity index (χ1n) is 6.34. The maximum atomic E-state index is 10.4. The first-order chi connectivity index (χ1) is 8.49. The van der Waals surface area contributed by atoms with Crippen LogP contribution >= 0.6 is 11.3 Å². The smallest absolute Gasteiger partial charge is 0.113 e. The average molecular weight is 260 g/mol. The van der Waals surface area contributed by atoms with E-state index in [0.717, 1.165) is 10.4 Å². The minimum atomic E-state index is -0.495. The molecular formula is C16H20OS. The fourth-order valence-corrected chi connectivity index (χ4v) is 3.20. The van der Waals surface area contributed by atoms with E-state index < -0.39 is 6.10 Å². The van der Waals surface area contributed by atoms with Crippen molar-refractivity contribution < 1.29 is 5.11 Å². The minimum Gasteiger partial charge on any atom is -0.383 e. The highest BCUT2D eigenvalue weighted by Gasteiger charge is 2.15. The van der Waals surface area contributed by atoms with Gasteiger partial charge in [0, 0.05) is 9.75 Å². The Labute approximate surface area is 113 Å². The Morgan fingerprint density at radius 2 is 1.56 bits per heavy atom. The SMILES string of the molecule is Cc1cc(C)c(C(O)c2ccc(C(C)C)cc2)s1. The van der Waals surface area contributed by atoms with Crippen molar-refractivity contribution in [2.45, 2.75) is 39.7 Å². The van der Waals surface area contributed by atoms with Gasteiger partial charge in [-0.1, -0.05) is 38.1 Å². The summed E-state index contributed by atoms with van der Waals surface area (Å²) in [5.74, 6) is 0.530. The van der Waals surface area contributed by atoms with Crippen LogP contribution in [-0.4, -0.2) is 5.11 Å². The van der Waals surface area contributed by atoms with Crippen molar-refractivity contribution in [3.8, 4) is 0 Å². The number of benzene rings is 1. The minimum absolute atomic E-state index is 0.495. The Bertz CT molecular complexity index is 523. The van der Waals surface area contributed by atoms with Gasteiger partial charge in [-0.05, 0) is 42.5 Å². The van der Waals surface area contributed by atoms with E-state index >= 15 is 0 Å². The molecule has 1 aromatic carbocycles. The lowest BCUT2D eigenvalue weighted by atomic mass is 9.99. The molecule has 0 saturated carbocycles. The van der Waals surface area contributed by atoms with Gasteiger partial charge in [0.25, 0.3) is 0 Å². The highest BCUT2D eigenvalue weighted by molar-refractivity contribution is 7.12. The van der Waals surface area contributed by atoms with Crippen molar-refractivity contribution in [1.29, 1.82) is 0 Å². The van der Waals surface area contributed by atoms with Crippen LogP contribution in [0.5, 0.6) is 0 Å². The molecular weight excluding hydrogens is 240 g/mol. The molecule has 0 spiro atoms. The first kappa shape index (κ1) is 13.3. The van der Waals surface area contributed by atoms with Crippen molar-refractivity contribution in [3.63, 3.8) is 0 Å². The van der Waals surface area contributed by atoms with Crippen molar-refractivity contribution >= 4 is 11.3 Å². The van der Waals surface area contributed by atoms with Crippen LogP contribution in [0.4, 0.5) is 0 Å². The molecule has 1 heterocycles. The predicted molar refractivity (Wildman–Crippen MR) is 78.4 cm³/mol. The van der Waals surface area contributed by atoms with Crippen LogP contribution in [0.1, 0.15) is 52.3 Å². The third kappa shape index (κ3) is 2.65. The number of hydrogen-bond donors (Lipinski definition) is 1. The summed E-state index contributed by atoms with van der Waals surface area (Å²) in [6.45, 7) is 8.50. The number of thiophene rings is 1. The molecule has 18 heavy (non-hydrogen) atoms. The van der Waals surface area contributed by atoms with Gasteiger partial charge in [0.1, 0.15) is 6.10 Å². The highest BCUT2D eigenvalue weighted by atomic mass is 32.1. The fourth-order valence-electron chi connectivity index (χ4n) is 2.15. The lowest BCUT2D eigenvalue weighted by Gasteiger charge is -2.12. The third-order valence-corrected chi connectivity index (χ3v) is 4.45. The summed E-state index contributed by atoms with van der Waals surface area (Å²) >= 11 is 1.68. The van der Waals surface area contributed by atoms with Crippen LogP contribution < -0.4 is 0 Å². The molecule has 1 N–H and O–H groups in total. The van der Waals surface area contributed by atoms with Crippen LogP contribution in [0.15, 0.2) is 30.3 Å². The zero-order chi connectivity index (χ0) is 13.3. The van der Waals surface area contributed by atoms with Gasteiger partial charge in [-0.3, -0.25) is 0 Å². The Hall–Kier alpha value is -1.12. The average Bonchev–Trinajstić information content (AvgIpc) is 2.67. The zero-order valence-electron chi connectivity index (χ0n) is 11.4. The van der Waals surface area contributed by atoms with E-state index in [1.54, 1.807) is 11.3 Å². The molecule has 1 aromatic heterocycles. The van der Waals surface area contributed by atoms with Gasteiger partial charge in [-0.2, -0.15) is 0 Å². The number of hydrogen-bond acceptors (Lipinski definition) is 2. The van der Waals surface area contributed by atoms with Crippen molar-refractivity contribution in [1.82, 2.24) is 0 Å². The Morgan fingerprint density at radius 3 is 2.00 bits per heavy atom. The van der Waals surface area contributed by atoms with Gasteiger partial charge in [0.2, 0.25) is 0 Å². The summed E-state index contributed by atoms with van der Waals surface area (Å²) in [5, 5.41) is 10.4. The fraction of sp³-hybridized carbons (Fsp3) is 0.375. The topological polar surface area (TPSA) is 20.2 Å². The quantitative estimate of drug-likeness (QED) is 0.857. The second-order valence-corrected chi connectivity index (χ2v) is 6.42. The molecule has 96 valence electrons. The van der Waals surface area contributed by atoms with Crippen LogP contribution in [0.2, 0.25) is 0 Å². The summed E-state index contributed by atoms with van der Waals surface area (Å²) in [4.78, 5) is 2.31. The Kier molecular flexibility index (Phi) is 3.88. The van der Waals surface area contributed by atoms with Gasteiger partial charge >= 0.3 is 0 Å². The molecule has 2 rings (SSSR count). The number of rotatable bonds is 3. The van der Waals surface area contributed by atoms with Gasteiger partial charge in [-0.15, -0.1) is 11.3 Å². The highest BCUT2D eigenvalue weighted by Crippen LogP contribution is 2.32. The van der Waals surface area contributed by atoms with Crippen molar-refractivity contribution in [3.05, 3.63) is 56.8 Å². The van der Waals surface area contributed by atoms with E-state index in [-0.39, 0.29) is 0 Å². The van der Waals surface area contributed by atoms with Gasteiger partial charge in [0.05, 0.1) is 0 Å². The Balaban J connectivity index is 2.28. The largest absolute Gasteiger partial charge is 0.383 e. The lowest BCUT2D eigenvalue weighted by molar-refractivity contribution is 0.223. The van der Waals surface area contributed by atoms with Crippen LogP contribution in [0, 0.1) is 13.8 Å². The van der Waals surface area contributed by atoms with E-state index in [9.17, 15) is 5.11 Å². The molecule has 1 nitrogen and oxygen atoms in total. The van der Waals surface area contributed by atoms with Crippen LogP contribution in [0.3, 0.4) is 0 Å². The molecule has 1 atom stereocenters. The third-order valence-electron chi connectivity index (χ3n) is 3.25. The van der Waals surface area contributed by atoms with Gasteiger partial charge in [0.15, 0.2) is 0 Å². The predicted octanol–water partition coefficient (Wildman–Crippen LogP) is 4.57. The molecule has 0 aliphatic rings. The first-order valence-corrected chi connectivity index (χ1v) is 7.15. The summed E-state index contributed by atoms with van der Waals surface area (Å²) < 4.78 is 0. The number of aryl methyl sites for hydroxylation is 2. The maximum absolute atomic E-state index is 10.4. The van der Waals surface area contributed by atoms with Gasteiger partial charge < -0.3 is 5.11 Å². The summed E-state index contributed by atoms with van der Waals surface area (Å²) in [6.07, 6.45) is -0.495. The number of aliphatic hydroxyl groups is 1. The Morgan fingerprint density at radius 1 is 1.00 bits per heavy atom. The molecule has 0 aliphatic carbocycles. The molecule has 0 fully saturated rings. The molecule has 0 radical (unpaired) electrons. The van der Waals surface area contributed by atoms with Crippen LogP contribution in [-0.2, 0) is 0 Å². The molecule has 1 unspecified atom stereocenters. The molecule has 0 aliphatic heterocycles. The van der Waals surface area contributed by atoms with Gasteiger partial charge in [-0.25, -0.2) is 0 Å². The summed E-state index contributed by atoms with van der Waals surface area (Å²) in [6, 6.07) is 10.4. The monoisotopic (exact) mass is 260 g/mol. The van der Waals surface area contributed by atoms with E-state index in [1.165, 1.54) is 16.0 Å². The maximum Gasteiger partial charge on any atom is 0.113 e. The van der Waals surface area contributed by atoms with E-state index in [1.807, 2.05) is 12.1 Å². The second kappa shape index (κ2) is 5.25. The normalized spacial score (nSPS) is 13.0. The van der Waals surface area contributed by atoms with Crippen molar-refractivity contribution in [2.24, 2.45) is 0 Å². The zero-order valence-corrected chi connectivity index (χ0v) is 12.2. The molecule has 0 saturated heterocycles. The molecule has 2 heteroatoms. The van der Waals surface area contributed by atoms with E-state index in [0.29, 0.717) is 5.92 Å². The molecule has 0 bridgehead atoms.